The van der Waals surface area contributed by atoms with Crippen LogP contribution in [0.15, 0.2) is 0 Å². The Hall–Kier alpha value is -1.59. The number of carbonyl (C=O) groups excluding carboxylic acids is 1. The third kappa shape index (κ3) is 7.45. The molecule has 0 spiro atoms. The second-order valence-electron chi connectivity index (χ2n) is 8.13. The van der Waals surface area contributed by atoms with E-state index in [9.17, 15) is 19.5 Å². The van der Waals surface area contributed by atoms with Crippen LogP contribution < -0.4 is 5.32 Å². The molecule has 0 aliphatic heterocycles. The minimum Gasteiger partial charge on any atom is -0.481 e. The number of amides is 1. The molecule has 1 saturated carbocycles. The van der Waals surface area contributed by atoms with E-state index >= 15 is 0 Å². The highest BCUT2D eigenvalue weighted by Crippen LogP contribution is 2.40. The largest absolute Gasteiger partial charge is 0.481 e. The van der Waals surface area contributed by atoms with Crippen LogP contribution in [0.3, 0.4) is 0 Å². The fraction of sp³-hybridized carbons (Fsp3) is 0.842. The molecule has 1 aliphatic rings. The van der Waals surface area contributed by atoms with E-state index in [-0.39, 0.29) is 18.7 Å². The van der Waals surface area contributed by atoms with Gasteiger partial charge in [0.1, 0.15) is 6.04 Å². The van der Waals surface area contributed by atoms with Gasteiger partial charge >= 0.3 is 11.9 Å². The molecule has 3 N–H and O–H groups in total. The quantitative estimate of drug-likeness (QED) is 0.557. The Morgan fingerprint density at radius 2 is 1.72 bits per heavy atom. The number of hydrogen-bond donors (Lipinski definition) is 3. The zero-order valence-electron chi connectivity index (χ0n) is 15.7. The van der Waals surface area contributed by atoms with E-state index in [4.69, 9.17) is 5.11 Å². The number of aliphatic carboxylic acids is 2. The smallest absolute Gasteiger partial charge is 0.326 e. The molecule has 6 nitrogen and oxygen atoms in total. The first-order chi connectivity index (χ1) is 11.6. The molecular weight excluding hydrogens is 322 g/mol. The van der Waals surface area contributed by atoms with Crippen molar-refractivity contribution < 1.29 is 24.6 Å². The molecule has 1 aliphatic carbocycles. The predicted octanol–water partition coefficient (Wildman–Crippen LogP) is 3.44. The number of carboxylic acids is 2. The van der Waals surface area contributed by atoms with Gasteiger partial charge in [0.25, 0.3) is 0 Å². The van der Waals surface area contributed by atoms with Crippen LogP contribution in [-0.2, 0) is 14.4 Å². The van der Waals surface area contributed by atoms with E-state index in [1.807, 2.05) is 6.92 Å². The maximum Gasteiger partial charge on any atom is 0.326 e. The summed E-state index contributed by atoms with van der Waals surface area (Å²) in [5, 5.41) is 20.5. The summed E-state index contributed by atoms with van der Waals surface area (Å²) in [6, 6.07) is -1.14. The molecule has 25 heavy (non-hydrogen) atoms. The SMILES string of the molecule is CC(C)CCCC1CCC(C)(C(=O)NC(CCC(=O)O)C(=O)O)CC1. The number of carbonyl (C=O) groups is 3. The van der Waals surface area contributed by atoms with Gasteiger partial charge in [0.2, 0.25) is 5.91 Å². The highest BCUT2D eigenvalue weighted by atomic mass is 16.4. The van der Waals surface area contributed by atoms with Gasteiger partial charge in [-0.25, -0.2) is 4.79 Å². The Bertz CT molecular complexity index is 466. The van der Waals surface area contributed by atoms with Crippen LogP contribution in [0.1, 0.15) is 78.6 Å². The first-order valence-electron chi connectivity index (χ1n) is 9.39. The predicted molar refractivity (Wildman–Crippen MR) is 95.2 cm³/mol. The van der Waals surface area contributed by atoms with Gasteiger partial charge in [-0.15, -0.1) is 0 Å². The van der Waals surface area contributed by atoms with Crippen molar-refractivity contribution in [2.75, 3.05) is 0 Å². The van der Waals surface area contributed by atoms with Gasteiger partial charge in [-0.05, 0) is 43.9 Å². The van der Waals surface area contributed by atoms with Crippen LogP contribution in [0.4, 0.5) is 0 Å². The van der Waals surface area contributed by atoms with Gasteiger partial charge in [-0.1, -0.05) is 40.0 Å². The summed E-state index contributed by atoms with van der Waals surface area (Å²) in [6.07, 6.45) is 6.80. The van der Waals surface area contributed by atoms with Crippen LogP contribution in [-0.4, -0.2) is 34.1 Å². The van der Waals surface area contributed by atoms with E-state index in [0.29, 0.717) is 5.92 Å². The van der Waals surface area contributed by atoms with Gasteiger partial charge < -0.3 is 15.5 Å². The molecule has 6 heteroatoms. The topological polar surface area (TPSA) is 104 Å². The van der Waals surface area contributed by atoms with E-state index in [1.165, 1.54) is 19.3 Å². The van der Waals surface area contributed by atoms with Crippen molar-refractivity contribution in [2.45, 2.75) is 84.6 Å². The third-order valence-corrected chi connectivity index (χ3v) is 5.40. The van der Waals surface area contributed by atoms with Crippen LogP contribution in [0.25, 0.3) is 0 Å². The van der Waals surface area contributed by atoms with Gasteiger partial charge in [0.15, 0.2) is 0 Å². The van der Waals surface area contributed by atoms with Gasteiger partial charge in [0, 0.05) is 11.8 Å². The molecule has 0 aromatic rings. The Morgan fingerprint density at radius 1 is 1.12 bits per heavy atom. The molecule has 0 heterocycles. The molecule has 0 aromatic heterocycles. The van der Waals surface area contributed by atoms with Crippen molar-refractivity contribution >= 4 is 17.8 Å². The summed E-state index contributed by atoms with van der Waals surface area (Å²) in [7, 11) is 0. The van der Waals surface area contributed by atoms with E-state index in [1.54, 1.807) is 0 Å². The maximum absolute atomic E-state index is 12.6. The summed E-state index contributed by atoms with van der Waals surface area (Å²) in [5.41, 5.74) is -0.550. The molecule has 1 unspecified atom stereocenters. The summed E-state index contributed by atoms with van der Waals surface area (Å²) >= 11 is 0. The lowest BCUT2D eigenvalue weighted by molar-refractivity contribution is -0.145. The second kappa shape index (κ2) is 9.78. The lowest BCUT2D eigenvalue weighted by Gasteiger charge is -2.37. The van der Waals surface area contributed by atoms with Gasteiger partial charge in [0.05, 0.1) is 0 Å². The first kappa shape index (κ1) is 21.5. The number of nitrogens with one attached hydrogen (secondary N) is 1. The fourth-order valence-corrected chi connectivity index (χ4v) is 3.50. The molecule has 1 fully saturated rings. The normalized spacial score (nSPS) is 24.7. The molecule has 0 aromatic carbocycles. The minimum atomic E-state index is -1.18. The van der Waals surface area contributed by atoms with Gasteiger partial charge in [-0.3, -0.25) is 9.59 Å². The summed E-state index contributed by atoms with van der Waals surface area (Å²) in [5.74, 6) is -1.12. The molecule has 1 amide bonds. The van der Waals surface area contributed by atoms with Crippen molar-refractivity contribution in [2.24, 2.45) is 17.3 Å². The summed E-state index contributed by atoms with van der Waals surface area (Å²) < 4.78 is 0. The lowest BCUT2D eigenvalue weighted by Crippen LogP contribution is -2.48. The Kier molecular flexibility index (Phi) is 8.39. The minimum absolute atomic E-state index is 0.0929. The molecule has 0 radical (unpaired) electrons. The number of rotatable bonds is 10. The van der Waals surface area contributed by atoms with Crippen molar-refractivity contribution in [1.29, 1.82) is 0 Å². The maximum atomic E-state index is 12.6. The average Bonchev–Trinajstić information content (AvgIpc) is 2.52. The van der Waals surface area contributed by atoms with Crippen LogP contribution >= 0.6 is 0 Å². The van der Waals surface area contributed by atoms with E-state index < -0.39 is 23.4 Å². The van der Waals surface area contributed by atoms with Crippen LogP contribution in [0.2, 0.25) is 0 Å². The monoisotopic (exact) mass is 355 g/mol. The third-order valence-electron chi connectivity index (χ3n) is 5.40. The zero-order chi connectivity index (χ0) is 19.0. The highest BCUT2D eigenvalue weighted by molar-refractivity contribution is 5.87. The Balaban J connectivity index is 2.49. The first-order valence-corrected chi connectivity index (χ1v) is 9.39. The zero-order valence-corrected chi connectivity index (χ0v) is 15.7. The summed E-state index contributed by atoms with van der Waals surface area (Å²) in [4.78, 5) is 34.5. The fourth-order valence-electron chi connectivity index (χ4n) is 3.50. The molecule has 0 bridgehead atoms. The molecule has 1 rings (SSSR count). The standard InChI is InChI=1S/C19H33NO5/c1-13(2)5-4-6-14-9-11-19(3,12-10-14)18(25)20-15(17(23)24)7-8-16(21)22/h13-15H,4-12H2,1-3H3,(H,20,25)(H,21,22)(H,23,24). The molecule has 144 valence electrons. The summed E-state index contributed by atoms with van der Waals surface area (Å²) in [6.45, 7) is 6.35. The molecule has 1 atom stereocenters. The number of hydrogen-bond acceptors (Lipinski definition) is 3. The average molecular weight is 355 g/mol. The van der Waals surface area contributed by atoms with Crippen molar-refractivity contribution in [3.63, 3.8) is 0 Å². The van der Waals surface area contributed by atoms with Crippen LogP contribution in [0, 0.1) is 17.3 Å². The van der Waals surface area contributed by atoms with E-state index in [0.717, 1.165) is 31.6 Å². The molecule has 0 saturated heterocycles. The van der Waals surface area contributed by atoms with Crippen molar-refractivity contribution in [1.82, 2.24) is 5.32 Å². The van der Waals surface area contributed by atoms with Crippen molar-refractivity contribution in [3.8, 4) is 0 Å². The van der Waals surface area contributed by atoms with Crippen molar-refractivity contribution in [3.05, 3.63) is 0 Å². The Labute approximate surface area is 150 Å². The second-order valence-corrected chi connectivity index (χ2v) is 8.13. The lowest BCUT2D eigenvalue weighted by atomic mass is 9.70. The Morgan fingerprint density at radius 3 is 2.20 bits per heavy atom. The van der Waals surface area contributed by atoms with Crippen LogP contribution in [0.5, 0.6) is 0 Å². The molecular formula is C19H33NO5. The number of carboxylic acid groups (broad SMARTS) is 2. The van der Waals surface area contributed by atoms with Gasteiger partial charge in [-0.2, -0.15) is 0 Å². The van der Waals surface area contributed by atoms with E-state index in [2.05, 4.69) is 19.2 Å². The highest BCUT2D eigenvalue weighted by Gasteiger charge is 2.38.